The van der Waals surface area contributed by atoms with Crippen LogP contribution >= 0.6 is 9.24 Å². The van der Waals surface area contributed by atoms with Crippen molar-refractivity contribution in [2.24, 2.45) is 5.41 Å². The van der Waals surface area contributed by atoms with E-state index >= 15 is 0 Å². The molecule has 0 saturated heterocycles. The minimum Gasteiger partial charge on any atom is -0.138 e. The molecule has 0 aliphatic rings. The number of hydrogen-bond donors (Lipinski definition) is 0. The van der Waals surface area contributed by atoms with Gasteiger partial charge in [-0.2, -0.15) is 0 Å². The minimum atomic E-state index is 0.571. The highest BCUT2D eigenvalue weighted by Gasteiger charge is 2.11. The van der Waals surface area contributed by atoms with Crippen LogP contribution in [0.2, 0.25) is 0 Å². The van der Waals surface area contributed by atoms with Gasteiger partial charge in [0.1, 0.15) is 0 Å². The van der Waals surface area contributed by atoms with E-state index in [0.717, 1.165) is 0 Å². The Bertz CT molecular complexity index is 57.4. The average Bonchev–Trinajstić information content (AvgIpc) is 1.67. The van der Waals surface area contributed by atoms with E-state index in [4.69, 9.17) is 0 Å². The highest BCUT2D eigenvalue weighted by Crippen LogP contribution is 2.24. The van der Waals surface area contributed by atoms with E-state index in [2.05, 4.69) is 30.0 Å². The number of hydrogen-bond acceptors (Lipinski definition) is 0. The van der Waals surface area contributed by atoms with E-state index in [1.54, 1.807) is 0 Å². The molecule has 0 heterocycles. The van der Waals surface area contributed by atoms with Crippen molar-refractivity contribution in [2.75, 3.05) is 6.16 Å². The summed E-state index contributed by atoms with van der Waals surface area (Å²) < 4.78 is 0. The Kier molecular flexibility index (Phi) is 3.64. The van der Waals surface area contributed by atoms with Crippen molar-refractivity contribution in [2.45, 2.75) is 33.6 Å². The zero-order valence-electron chi connectivity index (χ0n) is 6.20. The molecule has 0 bridgehead atoms. The third kappa shape index (κ3) is 3.43. The van der Waals surface area contributed by atoms with E-state index in [0.29, 0.717) is 5.41 Å². The lowest BCUT2D eigenvalue weighted by Crippen LogP contribution is -2.09. The molecule has 0 nitrogen and oxygen atoms in total. The molecule has 0 aromatic heterocycles. The van der Waals surface area contributed by atoms with Gasteiger partial charge in [0.25, 0.3) is 0 Å². The monoisotopic (exact) mass is 132 g/mol. The standard InChI is InChI=1S/C7H17P/c1-4-7(2,3)5-6-8/h4-6,8H2,1-3H3. The predicted molar refractivity (Wildman–Crippen MR) is 43.3 cm³/mol. The molecule has 1 atom stereocenters. The molecule has 0 aromatic rings. The van der Waals surface area contributed by atoms with Crippen LogP contribution in [0, 0.1) is 5.41 Å². The summed E-state index contributed by atoms with van der Waals surface area (Å²) in [4.78, 5) is 0. The third-order valence-electron chi connectivity index (χ3n) is 1.78. The fourth-order valence-electron chi connectivity index (χ4n) is 0.568. The van der Waals surface area contributed by atoms with Gasteiger partial charge in [0.2, 0.25) is 0 Å². The Morgan fingerprint density at radius 1 is 1.38 bits per heavy atom. The molecule has 0 aliphatic carbocycles. The first kappa shape index (κ1) is 8.43. The molecule has 0 radical (unpaired) electrons. The third-order valence-corrected chi connectivity index (χ3v) is 2.07. The van der Waals surface area contributed by atoms with Gasteiger partial charge in [-0.05, 0) is 18.0 Å². The second kappa shape index (κ2) is 3.45. The molecule has 0 saturated carbocycles. The maximum absolute atomic E-state index is 2.77. The molecule has 50 valence electrons. The minimum absolute atomic E-state index is 0.571. The lowest BCUT2D eigenvalue weighted by molar-refractivity contribution is 0.341. The molecule has 0 fully saturated rings. The van der Waals surface area contributed by atoms with Gasteiger partial charge in [-0.3, -0.25) is 0 Å². The Morgan fingerprint density at radius 3 is 2.00 bits per heavy atom. The van der Waals surface area contributed by atoms with Gasteiger partial charge in [0.15, 0.2) is 0 Å². The first-order valence-corrected chi connectivity index (χ1v) is 4.14. The first-order chi connectivity index (χ1) is 3.62. The smallest absolute Gasteiger partial charge is 0.0354 e. The summed E-state index contributed by atoms with van der Waals surface area (Å²) in [6, 6.07) is 0. The highest BCUT2D eigenvalue weighted by molar-refractivity contribution is 7.16. The largest absolute Gasteiger partial charge is 0.138 e. The van der Waals surface area contributed by atoms with Crippen molar-refractivity contribution in [3.63, 3.8) is 0 Å². The molecular formula is C7H17P. The normalized spacial score (nSPS) is 12.0. The molecular weight excluding hydrogens is 115 g/mol. The summed E-state index contributed by atoms with van der Waals surface area (Å²) >= 11 is 0. The summed E-state index contributed by atoms with van der Waals surface area (Å²) in [5.41, 5.74) is 0.571. The Balaban J connectivity index is 3.37. The SMILES string of the molecule is CCC(C)(C)CCP. The Hall–Kier alpha value is 0.430. The van der Waals surface area contributed by atoms with Crippen molar-refractivity contribution in [1.82, 2.24) is 0 Å². The molecule has 0 aliphatic heterocycles. The van der Waals surface area contributed by atoms with Gasteiger partial charge in [0.05, 0.1) is 0 Å². The van der Waals surface area contributed by atoms with Crippen molar-refractivity contribution in [3.8, 4) is 0 Å². The van der Waals surface area contributed by atoms with Gasteiger partial charge >= 0.3 is 0 Å². The quantitative estimate of drug-likeness (QED) is 0.518. The summed E-state index contributed by atoms with van der Waals surface area (Å²) in [6.07, 6.45) is 3.86. The summed E-state index contributed by atoms with van der Waals surface area (Å²) in [5, 5.41) is 0. The fourth-order valence-corrected chi connectivity index (χ4v) is 1.35. The van der Waals surface area contributed by atoms with Crippen molar-refractivity contribution in [3.05, 3.63) is 0 Å². The molecule has 0 amide bonds. The van der Waals surface area contributed by atoms with Crippen LogP contribution in [-0.2, 0) is 0 Å². The molecule has 0 aromatic carbocycles. The number of rotatable bonds is 3. The molecule has 8 heavy (non-hydrogen) atoms. The van der Waals surface area contributed by atoms with Gasteiger partial charge in [0, 0.05) is 0 Å². The van der Waals surface area contributed by atoms with Crippen molar-refractivity contribution < 1.29 is 0 Å². The molecule has 0 rings (SSSR count). The molecule has 0 N–H and O–H groups in total. The Morgan fingerprint density at radius 2 is 1.88 bits per heavy atom. The highest BCUT2D eigenvalue weighted by atomic mass is 31.0. The molecule has 0 spiro atoms. The average molecular weight is 132 g/mol. The zero-order valence-corrected chi connectivity index (χ0v) is 7.35. The summed E-state index contributed by atoms with van der Waals surface area (Å²) in [7, 11) is 2.77. The van der Waals surface area contributed by atoms with Gasteiger partial charge in [-0.25, -0.2) is 0 Å². The van der Waals surface area contributed by atoms with Crippen molar-refractivity contribution in [1.29, 1.82) is 0 Å². The zero-order chi connectivity index (χ0) is 6.62. The van der Waals surface area contributed by atoms with Crippen LogP contribution in [0.15, 0.2) is 0 Å². The maximum atomic E-state index is 2.77. The van der Waals surface area contributed by atoms with Gasteiger partial charge < -0.3 is 0 Å². The van der Waals surface area contributed by atoms with Crippen molar-refractivity contribution >= 4 is 9.24 Å². The lowest BCUT2D eigenvalue weighted by atomic mass is 9.87. The molecule has 1 unspecified atom stereocenters. The van der Waals surface area contributed by atoms with Crippen LogP contribution in [0.4, 0.5) is 0 Å². The van der Waals surface area contributed by atoms with Gasteiger partial charge in [-0.15, -0.1) is 9.24 Å². The summed E-state index contributed by atoms with van der Waals surface area (Å²) in [6.45, 7) is 6.88. The summed E-state index contributed by atoms with van der Waals surface area (Å²) in [5.74, 6) is 0. The second-order valence-corrected chi connectivity index (χ2v) is 3.63. The first-order valence-electron chi connectivity index (χ1n) is 3.32. The Labute approximate surface area is 55.3 Å². The lowest BCUT2D eigenvalue weighted by Gasteiger charge is -2.20. The van der Waals surface area contributed by atoms with E-state index in [1.807, 2.05) is 0 Å². The molecule has 1 heteroatoms. The van der Waals surface area contributed by atoms with E-state index in [9.17, 15) is 0 Å². The maximum Gasteiger partial charge on any atom is -0.0354 e. The van der Waals surface area contributed by atoms with Gasteiger partial charge in [-0.1, -0.05) is 27.2 Å². The van der Waals surface area contributed by atoms with Crippen LogP contribution in [0.25, 0.3) is 0 Å². The fraction of sp³-hybridized carbons (Fsp3) is 1.00. The second-order valence-electron chi connectivity index (χ2n) is 3.06. The van der Waals surface area contributed by atoms with Crippen LogP contribution in [0.5, 0.6) is 0 Å². The van der Waals surface area contributed by atoms with E-state index in [1.165, 1.54) is 19.0 Å². The van der Waals surface area contributed by atoms with E-state index < -0.39 is 0 Å². The van der Waals surface area contributed by atoms with Crippen LogP contribution in [0.3, 0.4) is 0 Å². The topological polar surface area (TPSA) is 0 Å². The van der Waals surface area contributed by atoms with Crippen LogP contribution < -0.4 is 0 Å². The van der Waals surface area contributed by atoms with Crippen LogP contribution in [-0.4, -0.2) is 6.16 Å². The predicted octanol–water partition coefficient (Wildman–Crippen LogP) is 2.69. The van der Waals surface area contributed by atoms with E-state index in [-0.39, 0.29) is 0 Å². The van der Waals surface area contributed by atoms with Crippen LogP contribution in [0.1, 0.15) is 33.6 Å².